The van der Waals surface area contributed by atoms with E-state index in [9.17, 15) is 9.90 Å². The van der Waals surface area contributed by atoms with Crippen LogP contribution in [-0.2, 0) is 11.3 Å². The Labute approximate surface area is 150 Å². The number of aliphatic hydroxyl groups excluding tert-OH is 1. The van der Waals surface area contributed by atoms with Crippen molar-refractivity contribution in [1.29, 1.82) is 0 Å². The van der Waals surface area contributed by atoms with Gasteiger partial charge >= 0.3 is 0 Å². The molecule has 0 radical (unpaired) electrons. The molecule has 0 bridgehead atoms. The molecule has 1 aliphatic carbocycles. The molecule has 1 aliphatic heterocycles. The van der Waals surface area contributed by atoms with Crippen LogP contribution in [0.1, 0.15) is 61.3 Å². The van der Waals surface area contributed by atoms with Crippen molar-refractivity contribution < 1.29 is 14.6 Å². The number of aromatic nitrogens is 2. The summed E-state index contributed by atoms with van der Waals surface area (Å²) in [5.74, 6) is 0.0778. The van der Waals surface area contributed by atoms with Crippen molar-refractivity contribution in [3.8, 4) is 0 Å². The SMILES string of the molecule is CCCn1nc(C)c(C(=O)N2CCC3(CC2)C(O)CC3OCC)c1C. The molecule has 2 fully saturated rings. The molecule has 25 heavy (non-hydrogen) atoms. The first-order valence-electron chi connectivity index (χ1n) is 9.57. The Morgan fingerprint density at radius 2 is 2.00 bits per heavy atom. The Balaban J connectivity index is 1.70. The maximum atomic E-state index is 13.0. The maximum absolute atomic E-state index is 13.0. The fraction of sp³-hybridized carbons (Fsp3) is 0.789. The van der Waals surface area contributed by atoms with Gasteiger partial charge in [-0.2, -0.15) is 5.10 Å². The number of nitrogens with zero attached hydrogens (tertiary/aromatic N) is 3. The lowest BCUT2D eigenvalue weighted by molar-refractivity contribution is -0.207. The van der Waals surface area contributed by atoms with E-state index in [1.165, 1.54) is 0 Å². The van der Waals surface area contributed by atoms with Crippen LogP contribution in [0.3, 0.4) is 0 Å². The van der Waals surface area contributed by atoms with Gasteiger partial charge in [0.1, 0.15) is 0 Å². The Kier molecular flexibility index (Phi) is 5.21. The van der Waals surface area contributed by atoms with Crippen LogP contribution in [0, 0.1) is 19.3 Å². The molecule has 6 heteroatoms. The van der Waals surface area contributed by atoms with E-state index in [1.54, 1.807) is 0 Å². The predicted molar refractivity (Wildman–Crippen MR) is 95.6 cm³/mol. The quantitative estimate of drug-likeness (QED) is 0.886. The third-order valence-electron chi connectivity index (χ3n) is 6.12. The second kappa shape index (κ2) is 7.08. The van der Waals surface area contributed by atoms with E-state index in [0.717, 1.165) is 49.2 Å². The van der Waals surface area contributed by atoms with Gasteiger partial charge in [-0.05, 0) is 40.0 Å². The van der Waals surface area contributed by atoms with Crippen molar-refractivity contribution in [2.45, 2.75) is 72.1 Å². The fourth-order valence-electron chi connectivity index (χ4n) is 4.54. The second-order valence-corrected chi connectivity index (χ2v) is 7.49. The Hall–Kier alpha value is -1.40. The highest BCUT2D eigenvalue weighted by Gasteiger charge is 2.56. The Morgan fingerprint density at radius 1 is 1.32 bits per heavy atom. The first-order chi connectivity index (χ1) is 11.9. The van der Waals surface area contributed by atoms with Gasteiger partial charge in [0.05, 0.1) is 23.5 Å². The normalized spacial score (nSPS) is 25.2. The molecule has 1 saturated heterocycles. The van der Waals surface area contributed by atoms with E-state index in [4.69, 9.17) is 4.74 Å². The van der Waals surface area contributed by atoms with Gasteiger partial charge in [-0.15, -0.1) is 0 Å². The lowest BCUT2D eigenvalue weighted by atomic mass is 9.58. The number of hydrogen-bond donors (Lipinski definition) is 1. The molecule has 1 aromatic rings. The zero-order chi connectivity index (χ0) is 18.2. The van der Waals surface area contributed by atoms with E-state index in [0.29, 0.717) is 19.7 Å². The van der Waals surface area contributed by atoms with Crippen molar-refractivity contribution in [1.82, 2.24) is 14.7 Å². The molecule has 1 spiro atoms. The minimum atomic E-state index is -0.294. The van der Waals surface area contributed by atoms with Crippen LogP contribution in [0.5, 0.6) is 0 Å². The van der Waals surface area contributed by atoms with Gasteiger partial charge in [-0.3, -0.25) is 9.48 Å². The van der Waals surface area contributed by atoms with Gasteiger partial charge in [0, 0.05) is 43.8 Å². The number of piperidine rings is 1. The van der Waals surface area contributed by atoms with E-state index < -0.39 is 0 Å². The fourth-order valence-corrected chi connectivity index (χ4v) is 4.54. The lowest BCUT2D eigenvalue weighted by Gasteiger charge is -2.56. The number of aliphatic hydroxyl groups is 1. The average Bonchev–Trinajstić information content (AvgIpc) is 2.88. The van der Waals surface area contributed by atoms with Crippen LogP contribution in [0.15, 0.2) is 0 Å². The summed E-state index contributed by atoms with van der Waals surface area (Å²) < 4.78 is 7.75. The second-order valence-electron chi connectivity index (χ2n) is 7.49. The number of carbonyl (C=O) groups excluding carboxylic acids is 1. The summed E-state index contributed by atoms with van der Waals surface area (Å²) in [5, 5.41) is 14.8. The number of likely N-dealkylation sites (tertiary alicyclic amines) is 1. The average molecular weight is 349 g/mol. The molecule has 3 rings (SSSR count). The van der Waals surface area contributed by atoms with Crippen LogP contribution in [-0.4, -0.2) is 57.6 Å². The topological polar surface area (TPSA) is 67.6 Å². The monoisotopic (exact) mass is 349 g/mol. The molecule has 1 N–H and O–H groups in total. The summed E-state index contributed by atoms with van der Waals surface area (Å²) in [5.41, 5.74) is 2.37. The van der Waals surface area contributed by atoms with Crippen LogP contribution in [0.4, 0.5) is 0 Å². The van der Waals surface area contributed by atoms with Crippen molar-refractivity contribution in [3.63, 3.8) is 0 Å². The first-order valence-corrected chi connectivity index (χ1v) is 9.57. The molecule has 2 aliphatic rings. The maximum Gasteiger partial charge on any atom is 0.257 e. The zero-order valence-electron chi connectivity index (χ0n) is 15.9. The number of ether oxygens (including phenoxy) is 1. The van der Waals surface area contributed by atoms with Crippen LogP contribution in [0.2, 0.25) is 0 Å². The molecule has 2 unspecified atom stereocenters. The molecular formula is C19H31N3O3. The summed E-state index contributed by atoms with van der Waals surface area (Å²) in [6, 6.07) is 0. The number of aryl methyl sites for hydroxylation is 2. The molecule has 6 nitrogen and oxygen atoms in total. The van der Waals surface area contributed by atoms with Gasteiger partial charge in [0.25, 0.3) is 5.91 Å². The first kappa shape index (κ1) is 18.4. The highest BCUT2D eigenvalue weighted by Crippen LogP contribution is 2.51. The summed E-state index contributed by atoms with van der Waals surface area (Å²) >= 11 is 0. The van der Waals surface area contributed by atoms with Crippen molar-refractivity contribution in [2.24, 2.45) is 5.41 Å². The van der Waals surface area contributed by atoms with Gasteiger partial charge in [-0.1, -0.05) is 6.92 Å². The third-order valence-corrected chi connectivity index (χ3v) is 6.12. The highest BCUT2D eigenvalue weighted by molar-refractivity contribution is 5.96. The summed E-state index contributed by atoms with van der Waals surface area (Å²) in [6.07, 6.45) is 3.19. The van der Waals surface area contributed by atoms with Gasteiger partial charge in [-0.25, -0.2) is 0 Å². The minimum absolute atomic E-state index is 0.0778. The summed E-state index contributed by atoms with van der Waals surface area (Å²) in [7, 11) is 0. The number of amides is 1. The van der Waals surface area contributed by atoms with Gasteiger partial charge in [0.2, 0.25) is 0 Å². The highest BCUT2D eigenvalue weighted by atomic mass is 16.5. The molecule has 140 valence electrons. The van der Waals surface area contributed by atoms with Gasteiger partial charge < -0.3 is 14.7 Å². The van der Waals surface area contributed by atoms with E-state index >= 15 is 0 Å². The largest absolute Gasteiger partial charge is 0.392 e. The number of rotatable bonds is 5. The standard InChI is InChI=1S/C19H31N3O3/c1-5-9-22-14(4)17(13(3)20-22)18(24)21-10-7-19(8-11-21)15(23)12-16(19)25-6-2/h15-16,23H,5-12H2,1-4H3. The lowest BCUT2D eigenvalue weighted by Crippen LogP contribution is -2.62. The summed E-state index contributed by atoms with van der Waals surface area (Å²) in [4.78, 5) is 15.0. The Morgan fingerprint density at radius 3 is 2.56 bits per heavy atom. The third kappa shape index (κ3) is 2.99. The predicted octanol–water partition coefficient (Wildman–Crippen LogP) is 2.30. The molecule has 0 aromatic carbocycles. The van der Waals surface area contributed by atoms with E-state index in [1.807, 2.05) is 30.4 Å². The van der Waals surface area contributed by atoms with E-state index in [2.05, 4.69) is 12.0 Å². The van der Waals surface area contributed by atoms with Crippen molar-refractivity contribution in [3.05, 3.63) is 17.0 Å². The molecule has 2 heterocycles. The molecule has 1 amide bonds. The molecule has 1 saturated carbocycles. The Bertz CT molecular complexity index is 630. The molecule has 1 aromatic heterocycles. The molecular weight excluding hydrogens is 318 g/mol. The van der Waals surface area contributed by atoms with Crippen LogP contribution >= 0.6 is 0 Å². The van der Waals surface area contributed by atoms with Crippen molar-refractivity contribution >= 4 is 5.91 Å². The molecule has 2 atom stereocenters. The zero-order valence-corrected chi connectivity index (χ0v) is 15.9. The van der Waals surface area contributed by atoms with Gasteiger partial charge in [0.15, 0.2) is 0 Å². The van der Waals surface area contributed by atoms with Crippen LogP contribution in [0.25, 0.3) is 0 Å². The van der Waals surface area contributed by atoms with E-state index in [-0.39, 0.29) is 23.5 Å². The summed E-state index contributed by atoms with van der Waals surface area (Å²) in [6.45, 7) is 10.9. The number of hydrogen-bond acceptors (Lipinski definition) is 4. The van der Waals surface area contributed by atoms with Crippen LogP contribution < -0.4 is 0 Å². The van der Waals surface area contributed by atoms with Crippen molar-refractivity contribution in [2.75, 3.05) is 19.7 Å². The number of carbonyl (C=O) groups is 1. The minimum Gasteiger partial charge on any atom is -0.392 e. The smallest absolute Gasteiger partial charge is 0.257 e.